The van der Waals surface area contributed by atoms with Gasteiger partial charge in [0, 0.05) is 10.6 Å². The van der Waals surface area contributed by atoms with E-state index in [1.54, 1.807) is 0 Å². The summed E-state index contributed by atoms with van der Waals surface area (Å²) in [5.41, 5.74) is 0.333. The third-order valence-corrected chi connectivity index (χ3v) is 0.914. The van der Waals surface area contributed by atoms with Crippen molar-refractivity contribution in [3.8, 4) is 6.07 Å². The summed E-state index contributed by atoms with van der Waals surface area (Å²) < 4.78 is 0. The molecular weight excluding hydrogens is 134 g/mol. The van der Waals surface area contributed by atoms with Gasteiger partial charge < -0.3 is 0 Å². The van der Waals surface area contributed by atoms with Crippen LogP contribution in [0.3, 0.4) is 0 Å². The van der Waals surface area contributed by atoms with Gasteiger partial charge in [0.15, 0.2) is 0 Å². The van der Waals surface area contributed by atoms with E-state index in [4.69, 9.17) is 16.9 Å². The monoisotopic (exact) mass is 139 g/mol. The lowest BCUT2D eigenvalue weighted by Gasteiger charge is -1.83. The van der Waals surface area contributed by atoms with E-state index in [1.807, 2.05) is 6.07 Å². The predicted molar refractivity (Wildman–Crippen MR) is 38.9 cm³/mol. The molecule has 0 amide bonds. The van der Waals surface area contributed by atoms with Gasteiger partial charge in [0.2, 0.25) is 0 Å². The Labute approximate surface area is 59.6 Å². The van der Waals surface area contributed by atoms with Crippen LogP contribution in [0.2, 0.25) is 0 Å². The first-order valence-electron chi connectivity index (χ1n) is 2.29. The molecule has 0 saturated carbocycles. The lowest BCUT2D eigenvalue weighted by Crippen LogP contribution is -1.66. The zero-order valence-corrected chi connectivity index (χ0v) is 5.65. The van der Waals surface area contributed by atoms with Crippen molar-refractivity contribution in [2.24, 2.45) is 0 Å². The first-order valence-corrected chi connectivity index (χ1v) is 2.67. The first kappa shape index (κ1) is 8.00. The van der Waals surface area contributed by atoms with Gasteiger partial charge in [-0.05, 0) is 6.08 Å². The summed E-state index contributed by atoms with van der Waals surface area (Å²) in [6, 6.07) is 1.83. The van der Waals surface area contributed by atoms with Gasteiger partial charge in [-0.15, -0.1) is 0 Å². The zero-order chi connectivity index (χ0) is 7.28. The Kier molecular flexibility index (Phi) is 3.50. The molecule has 0 atom stereocenters. The van der Waals surface area contributed by atoms with E-state index < -0.39 is 0 Å². The normalized spacial score (nSPS) is 10.0. The maximum absolute atomic E-state index is 8.19. The summed E-state index contributed by atoms with van der Waals surface area (Å²) in [6.45, 7) is 6.79. The largest absolute Gasteiger partial charge is 0.192 e. The molecule has 2 heteroatoms. The molecule has 0 aromatic heterocycles. The van der Waals surface area contributed by atoms with Crippen molar-refractivity contribution in [1.29, 1.82) is 5.26 Å². The minimum absolute atomic E-state index is 0.333. The van der Waals surface area contributed by atoms with E-state index in [9.17, 15) is 0 Å². The molecule has 0 bridgehead atoms. The summed E-state index contributed by atoms with van der Waals surface area (Å²) in [5, 5.41) is 8.62. The van der Waals surface area contributed by atoms with Crippen molar-refractivity contribution < 1.29 is 0 Å². The van der Waals surface area contributed by atoms with Crippen molar-refractivity contribution in [2.75, 3.05) is 0 Å². The Morgan fingerprint density at radius 1 is 1.67 bits per heavy atom. The summed E-state index contributed by atoms with van der Waals surface area (Å²) in [5.74, 6) is 0. The van der Waals surface area contributed by atoms with Crippen molar-refractivity contribution >= 4 is 11.6 Å². The Hall–Kier alpha value is -1.00. The Bertz CT molecular complexity index is 195. The molecule has 0 aliphatic rings. The topological polar surface area (TPSA) is 23.8 Å². The molecule has 0 spiro atoms. The fourth-order valence-corrected chi connectivity index (χ4v) is 0.389. The Morgan fingerprint density at radius 2 is 2.22 bits per heavy atom. The van der Waals surface area contributed by atoms with E-state index in [0.717, 1.165) is 0 Å². The van der Waals surface area contributed by atoms with Crippen LogP contribution in [0.1, 0.15) is 0 Å². The van der Waals surface area contributed by atoms with Crippen LogP contribution in [-0.2, 0) is 0 Å². The van der Waals surface area contributed by atoms with Crippen LogP contribution in [-0.4, -0.2) is 0 Å². The number of nitrogens with zero attached hydrogens (tertiary/aromatic N) is 1. The number of hydrogen-bond donors (Lipinski definition) is 0. The molecule has 0 heterocycles. The van der Waals surface area contributed by atoms with E-state index in [-0.39, 0.29) is 0 Å². The average Bonchev–Trinajstić information content (AvgIpc) is 1.87. The van der Waals surface area contributed by atoms with Crippen LogP contribution in [0.25, 0.3) is 0 Å². The molecule has 0 radical (unpaired) electrons. The molecule has 0 aliphatic carbocycles. The quantitative estimate of drug-likeness (QED) is 0.426. The molecule has 0 fully saturated rings. The molecule has 0 N–H and O–H groups in total. The lowest BCUT2D eigenvalue weighted by molar-refractivity contribution is 1.50. The van der Waals surface area contributed by atoms with Crippen LogP contribution in [0.5, 0.6) is 0 Å². The second kappa shape index (κ2) is 3.94. The maximum atomic E-state index is 8.19. The number of halogens is 1. The van der Waals surface area contributed by atoms with Crippen LogP contribution < -0.4 is 0 Å². The summed E-state index contributed by atoms with van der Waals surface area (Å²) >= 11 is 5.47. The van der Waals surface area contributed by atoms with E-state index in [2.05, 4.69) is 13.2 Å². The lowest BCUT2D eigenvalue weighted by atomic mass is 10.3. The molecule has 0 rings (SSSR count). The number of rotatable bonds is 2. The highest BCUT2D eigenvalue weighted by molar-refractivity contribution is 6.31. The third-order valence-electron chi connectivity index (χ3n) is 0.651. The number of hydrogen-bond acceptors (Lipinski definition) is 1. The molecule has 9 heavy (non-hydrogen) atoms. The van der Waals surface area contributed by atoms with Gasteiger partial charge in [-0.1, -0.05) is 30.8 Å². The highest BCUT2D eigenvalue weighted by Crippen LogP contribution is 2.04. The summed E-state index contributed by atoms with van der Waals surface area (Å²) in [6.07, 6.45) is 2.90. The number of nitriles is 1. The molecule has 0 unspecified atom stereocenters. The standard InChI is InChI=1S/C7H6ClN/c1-3-7(8)4-6(2)5-9/h3-4H,1-2H2/b7-4+. The van der Waals surface area contributed by atoms with Crippen LogP contribution in [0, 0.1) is 11.3 Å². The fourth-order valence-electron chi connectivity index (χ4n) is 0.258. The van der Waals surface area contributed by atoms with Crippen LogP contribution in [0.15, 0.2) is 35.9 Å². The Morgan fingerprint density at radius 3 is 2.56 bits per heavy atom. The van der Waals surface area contributed by atoms with Crippen molar-refractivity contribution in [3.63, 3.8) is 0 Å². The second-order valence-electron chi connectivity index (χ2n) is 1.37. The van der Waals surface area contributed by atoms with Gasteiger partial charge in [0.1, 0.15) is 0 Å². The Balaban J connectivity index is 4.16. The van der Waals surface area contributed by atoms with E-state index in [0.29, 0.717) is 10.6 Å². The second-order valence-corrected chi connectivity index (χ2v) is 1.81. The third kappa shape index (κ3) is 3.57. The minimum atomic E-state index is 0.333. The van der Waals surface area contributed by atoms with Crippen molar-refractivity contribution in [1.82, 2.24) is 0 Å². The molecule has 0 aromatic rings. The van der Waals surface area contributed by atoms with Gasteiger partial charge in [-0.2, -0.15) is 5.26 Å². The molecule has 0 saturated heterocycles. The SMILES string of the molecule is C=C/C(Cl)=C\C(=C)C#N. The van der Waals surface area contributed by atoms with Gasteiger partial charge in [0.25, 0.3) is 0 Å². The van der Waals surface area contributed by atoms with Crippen molar-refractivity contribution in [3.05, 3.63) is 35.9 Å². The zero-order valence-electron chi connectivity index (χ0n) is 4.89. The van der Waals surface area contributed by atoms with Gasteiger partial charge in [-0.3, -0.25) is 0 Å². The number of allylic oxidation sites excluding steroid dienone is 4. The van der Waals surface area contributed by atoms with Crippen molar-refractivity contribution in [2.45, 2.75) is 0 Å². The molecule has 1 nitrogen and oxygen atoms in total. The van der Waals surface area contributed by atoms with Crippen LogP contribution >= 0.6 is 11.6 Å². The average molecular weight is 140 g/mol. The molecule has 46 valence electrons. The van der Waals surface area contributed by atoms with E-state index in [1.165, 1.54) is 12.2 Å². The van der Waals surface area contributed by atoms with E-state index >= 15 is 0 Å². The summed E-state index contributed by atoms with van der Waals surface area (Å²) in [4.78, 5) is 0. The smallest absolute Gasteiger partial charge is 0.0985 e. The molecule has 0 aliphatic heterocycles. The predicted octanol–water partition coefficient (Wildman–Crippen LogP) is 2.37. The first-order chi connectivity index (χ1) is 4.20. The van der Waals surface area contributed by atoms with Crippen LogP contribution in [0.4, 0.5) is 0 Å². The molecule has 0 aromatic carbocycles. The highest BCUT2D eigenvalue weighted by atomic mass is 35.5. The fraction of sp³-hybridized carbons (Fsp3) is 0. The van der Waals surface area contributed by atoms with Gasteiger partial charge in [0.05, 0.1) is 6.07 Å². The summed E-state index contributed by atoms with van der Waals surface area (Å²) in [7, 11) is 0. The van der Waals surface area contributed by atoms with Gasteiger partial charge >= 0.3 is 0 Å². The molecular formula is C7H6ClN. The maximum Gasteiger partial charge on any atom is 0.0985 e. The van der Waals surface area contributed by atoms with Gasteiger partial charge in [-0.25, -0.2) is 0 Å². The highest BCUT2D eigenvalue weighted by Gasteiger charge is 1.84. The minimum Gasteiger partial charge on any atom is -0.192 e.